The van der Waals surface area contributed by atoms with Crippen LogP contribution in [0.2, 0.25) is 0 Å². The largest absolute Gasteiger partial charge is 0.346 e. The minimum absolute atomic E-state index is 0.569. The lowest BCUT2D eigenvalue weighted by molar-refractivity contribution is 0.438. The smallest absolute Gasteiger partial charge is 0.137 e. The lowest BCUT2D eigenvalue weighted by Crippen LogP contribution is -2.21. The maximum atomic E-state index is 4.53. The zero-order chi connectivity index (χ0) is 13.1. The summed E-state index contributed by atoms with van der Waals surface area (Å²) in [5, 5.41) is 5.68. The molecule has 0 saturated heterocycles. The van der Waals surface area contributed by atoms with Crippen molar-refractivity contribution in [2.45, 2.75) is 32.1 Å². The molecule has 19 heavy (non-hydrogen) atoms. The molecule has 1 aliphatic carbocycles. The van der Waals surface area contributed by atoms with Gasteiger partial charge in [-0.1, -0.05) is 19.3 Å². The summed E-state index contributed by atoms with van der Waals surface area (Å²) in [6.45, 7) is 0. The molecule has 3 rings (SSSR count). The molecule has 2 N–H and O–H groups in total. The van der Waals surface area contributed by atoms with Crippen molar-refractivity contribution in [3.63, 3.8) is 0 Å². The van der Waals surface area contributed by atoms with E-state index in [1.54, 1.807) is 0 Å². The van der Waals surface area contributed by atoms with Gasteiger partial charge < -0.3 is 10.4 Å². The van der Waals surface area contributed by atoms with E-state index in [9.17, 15) is 0 Å². The number of nitrogens with zero attached hydrogens (tertiary/aromatic N) is 2. The molecule has 0 spiro atoms. The van der Waals surface area contributed by atoms with E-state index < -0.39 is 0 Å². The van der Waals surface area contributed by atoms with Crippen molar-refractivity contribution < 1.29 is 0 Å². The molecule has 0 aromatic carbocycles. The number of H-pyrrole nitrogens is 1. The van der Waals surface area contributed by atoms with Crippen LogP contribution in [0.3, 0.4) is 0 Å². The van der Waals surface area contributed by atoms with Crippen LogP contribution < -0.4 is 5.43 Å². The molecule has 1 fully saturated rings. The van der Waals surface area contributed by atoms with E-state index in [2.05, 4.69) is 32.6 Å². The Morgan fingerprint density at radius 2 is 2.21 bits per heavy atom. The molecule has 1 aliphatic rings. The van der Waals surface area contributed by atoms with Crippen molar-refractivity contribution in [2.24, 2.45) is 11.0 Å². The number of aromatic nitrogens is 2. The number of pyridine rings is 1. The lowest BCUT2D eigenvalue weighted by Gasteiger charge is -2.23. The number of fused-ring (bicyclic) bond motifs is 1. The molecule has 0 bridgehead atoms. The molecule has 4 nitrogen and oxygen atoms in total. The van der Waals surface area contributed by atoms with E-state index >= 15 is 0 Å². The lowest BCUT2D eigenvalue weighted by atomic mass is 9.83. The summed E-state index contributed by atoms with van der Waals surface area (Å²) in [6.07, 6.45) is 10.3. The Bertz CT molecular complexity index is 579. The van der Waals surface area contributed by atoms with E-state index in [4.69, 9.17) is 0 Å². The molecule has 0 radical (unpaired) electrons. The van der Waals surface area contributed by atoms with Gasteiger partial charge in [0.1, 0.15) is 5.65 Å². The van der Waals surface area contributed by atoms with E-state index in [1.165, 1.54) is 32.1 Å². The molecule has 0 atom stereocenters. The first-order chi connectivity index (χ1) is 9.38. The van der Waals surface area contributed by atoms with Gasteiger partial charge in [0.2, 0.25) is 0 Å². The number of hydrogen-bond donors (Lipinski definition) is 2. The van der Waals surface area contributed by atoms with Crippen LogP contribution >= 0.6 is 0 Å². The molecule has 1 saturated carbocycles. The minimum atomic E-state index is 0.569. The van der Waals surface area contributed by atoms with Crippen LogP contribution in [0.4, 0.5) is 0 Å². The fraction of sp³-hybridized carbons (Fsp3) is 0.467. The van der Waals surface area contributed by atoms with Gasteiger partial charge in [-0.05, 0) is 25.0 Å². The van der Waals surface area contributed by atoms with Gasteiger partial charge in [-0.15, -0.1) is 0 Å². The van der Waals surface area contributed by atoms with E-state index in [0.717, 1.165) is 22.3 Å². The molecule has 2 aromatic heterocycles. The summed E-state index contributed by atoms with van der Waals surface area (Å²) in [5.41, 5.74) is 6.21. The zero-order valence-electron chi connectivity index (χ0n) is 11.3. The second-order valence-corrected chi connectivity index (χ2v) is 5.20. The van der Waals surface area contributed by atoms with Gasteiger partial charge in [0, 0.05) is 36.3 Å². The van der Waals surface area contributed by atoms with Gasteiger partial charge in [0.15, 0.2) is 0 Å². The third-order valence-electron chi connectivity index (χ3n) is 3.92. The highest BCUT2D eigenvalue weighted by atomic mass is 15.3. The third kappa shape index (κ3) is 2.48. The van der Waals surface area contributed by atoms with Crippen molar-refractivity contribution in [3.8, 4) is 0 Å². The first-order valence-electron chi connectivity index (χ1n) is 7.06. The second-order valence-electron chi connectivity index (χ2n) is 5.20. The van der Waals surface area contributed by atoms with E-state index in [-0.39, 0.29) is 0 Å². The summed E-state index contributed by atoms with van der Waals surface area (Å²) in [5.74, 6) is 0.569. The van der Waals surface area contributed by atoms with Crippen LogP contribution in [-0.4, -0.2) is 22.7 Å². The number of nitrogens with one attached hydrogen (secondary N) is 2. The molecular weight excluding hydrogens is 236 g/mol. The summed E-state index contributed by atoms with van der Waals surface area (Å²) < 4.78 is 0. The summed E-state index contributed by atoms with van der Waals surface area (Å²) >= 11 is 0. The Labute approximate surface area is 113 Å². The predicted molar refractivity (Wildman–Crippen MR) is 78.3 cm³/mol. The highest BCUT2D eigenvalue weighted by Gasteiger charge is 2.21. The number of rotatable bonds is 3. The van der Waals surface area contributed by atoms with Crippen molar-refractivity contribution in [1.29, 1.82) is 0 Å². The quantitative estimate of drug-likeness (QED) is 0.655. The Morgan fingerprint density at radius 3 is 3.00 bits per heavy atom. The van der Waals surface area contributed by atoms with Crippen molar-refractivity contribution in [2.75, 3.05) is 7.05 Å². The molecule has 0 unspecified atom stereocenters. The fourth-order valence-corrected chi connectivity index (χ4v) is 2.97. The Kier molecular flexibility index (Phi) is 3.49. The van der Waals surface area contributed by atoms with Gasteiger partial charge in [0.05, 0.1) is 5.71 Å². The molecular formula is C15H20N4. The Balaban J connectivity index is 1.96. The topological polar surface area (TPSA) is 53.1 Å². The molecule has 2 heterocycles. The van der Waals surface area contributed by atoms with Crippen LogP contribution in [0, 0.1) is 5.92 Å². The van der Waals surface area contributed by atoms with Gasteiger partial charge in [-0.2, -0.15) is 5.10 Å². The average Bonchev–Trinajstić information content (AvgIpc) is 2.93. The normalized spacial score (nSPS) is 17.8. The first-order valence-corrected chi connectivity index (χ1v) is 7.06. The van der Waals surface area contributed by atoms with Crippen LogP contribution in [0.5, 0.6) is 0 Å². The first kappa shape index (κ1) is 12.2. The van der Waals surface area contributed by atoms with Crippen molar-refractivity contribution in [3.05, 3.63) is 30.1 Å². The van der Waals surface area contributed by atoms with Gasteiger partial charge in [-0.25, -0.2) is 4.98 Å². The summed E-state index contributed by atoms with van der Waals surface area (Å²) in [6, 6.07) is 4.24. The van der Waals surface area contributed by atoms with Gasteiger partial charge in [0.25, 0.3) is 0 Å². The van der Waals surface area contributed by atoms with E-state index in [0.29, 0.717) is 5.92 Å². The zero-order valence-corrected chi connectivity index (χ0v) is 11.3. The van der Waals surface area contributed by atoms with Crippen LogP contribution in [0.25, 0.3) is 11.0 Å². The maximum absolute atomic E-state index is 4.53. The monoisotopic (exact) mass is 256 g/mol. The standard InChI is InChI=1S/C15H20N4/c1-16-19-14(11-5-3-2-4-6-11)13-9-12-7-8-17-15(12)18-10-13/h7-11,16H,2-6H2,1H3,(H,17,18). The molecule has 100 valence electrons. The Morgan fingerprint density at radius 1 is 1.37 bits per heavy atom. The summed E-state index contributed by atoms with van der Waals surface area (Å²) in [4.78, 5) is 7.61. The molecule has 4 heteroatoms. The second kappa shape index (κ2) is 5.43. The average molecular weight is 256 g/mol. The minimum Gasteiger partial charge on any atom is -0.346 e. The molecule has 2 aromatic rings. The molecule has 0 aliphatic heterocycles. The van der Waals surface area contributed by atoms with Crippen LogP contribution in [0.15, 0.2) is 29.6 Å². The fourth-order valence-electron chi connectivity index (χ4n) is 2.97. The number of hydrogen-bond acceptors (Lipinski definition) is 3. The Hall–Kier alpha value is -1.84. The van der Waals surface area contributed by atoms with Crippen molar-refractivity contribution >= 4 is 16.7 Å². The predicted octanol–water partition coefficient (Wildman–Crippen LogP) is 3.07. The SMILES string of the molecule is CNN=C(c1cnc2[nH]ccc2c1)C1CCCCC1. The maximum Gasteiger partial charge on any atom is 0.137 e. The van der Waals surface area contributed by atoms with Crippen molar-refractivity contribution in [1.82, 2.24) is 15.4 Å². The van der Waals surface area contributed by atoms with Crippen LogP contribution in [0.1, 0.15) is 37.7 Å². The summed E-state index contributed by atoms with van der Waals surface area (Å²) in [7, 11) is 1.87. The number of hydrazone groups is 1. The molecule has 0 amide bonds. The third-order valence-corrected chi connectivity index (χ3v) is 3.92. The van der Waals surface area contributed by atoms with Gasteiger partial charge >= 0.3 is 0 Å². The van der Waals surface area contributed by atoms with E-state index in [1.807, 2.05) is 19.4 Å². The highest BCUT2D eigenvalue weighted by Crippen LogP contribution is 2.28. The highest BCUT2D eigenvalue weighted by molar-refractivity contribution is 6.03. The van der Waals surface area contributed by atoms with Crippen LogP contribution in [-0.2, 0) is 0 Å². The van der Waals surface area contributed by atoms with Gasteiger partial charge in [-0.3, -0.25) is 0 Å². The number of aromatic amines is 1.